The molecule has 3 aliphatic heterocycles. The van der Waals surface area contributed by atoms with Crippen molar-refractivity contribution in [2.75, 3.05) is 80.1 Å². The molecule has 0 saturated carbocycles. The van der Waals surface area contributed by atoms with Gasteiger partial charge >= 0.3 is 0 Å². The van der Waals surface area contributed by atoms with E-state index in [1.807, 2.05) is 18.2 Å². The van der Waals surface area contributed by atoms with Crippen LogP contribution in [-0.2, 0) is 6.54 Å². The molecule has 5 aromatic carbocycles. The summed E-state index contributed by atoms with van der Waals surface area (Å²) in [6.07, 6.45) is 0. The number of phenolic OH excluding ortho intramolecular Hbond substituents is 1. The number of nitrogens with zero attached hydrogens (tertiary/aromatic N) is 6. The average molecular weight is 750 g/mol. The summed E-state index contributed by atoms with van der Waals surface area (Å²) in [6, 6.07) is 47.2. The van der Waals surface area contributed by atoms with Crippen molar-refractivity contribution in [1.82, 2.24) is 16.0 Å². The Balaban J connectivity index is 0.000000145. The van der Waals surface area contributed by atoms with Crippen LogP contribution in [0.2, 0.25) is 0 Å². The molecule has 10 nitrogen and oxygen atoms in total. The van der Waals surface area contributed by atoms with Crippen molar-refractivity contribution in [1.29, 1.82) is 0 Å². The number of hydrogen-bond acceptors (Lipinski definition) is 10. The fourth-order valence-corrected chi connectivity index (χ4v) is 6.59. The molecule has 4 N–H and O–H groups in total. The number of aromatic hydroxyl groups is 1. The second-order valence-electron chi connectivity index (χ2n) is 13.7. The Morgan fingerprint density at radius 3 is 1.48 bits per heavy atom. The van der Waals surface area contributed by atoms with Gasteiger partial charge in [-0.15, -0.1) is 0 Å². The molecule has 8 rings (SSSR count). The Bertz CT molecular complexity index is 2000. The Morgan fingerprint density at radius 2 is 0.982 bits per heavy atom. The standard InChI is InChI=1S/C17H19N3O.C17H19N3.C12H17N3/c1-13-5-7-14(8-6-13)20(12-17-18-9-10-19-17)15-3-2-4-16(21)11-15;1-3-7-15(8-4-1)13-20(14-17-18-11-12-19-17)16-9-5-2-6-10-16;1-2-15(10-12-13-8-9-14-12)11-6-4-3-5-7-11/h2-8,11,21H,9-10,12H2,1H3,(H,18,19);1-10H,11-14H2,(H,18,19);3-7H,2,8-10H2,1H3,(H,13,14). The topological polar surface area (TPSA) is 103 Å². The fourth-order valence-electron chi connectivity index (χ4n) is 6.59. The SMILES string of the molecule is CCN(CC1=NCCN1)c1ccccc1.Cc1ccc(N(CC2=NCCN2)c2cccc(O)c2)cc1.c1ccc(CN(CC2=NCCN2)c2ccccc2)cc1. The molecule has 0 aromatic heterocycles. The first kappa shape index (κ1) is 39.4. The first-order valence-corrected chi connectivity index (χ1v) is 19.6. The van der Waals surface area contributed by atoms with Crippen LogP contribution in [-0.4, -0.2) is 88.1 Å². The predicted molar refractivity (Wildman–Crippen MR) is 235 cm³/mol. The molecule has 56 heavy (non-hydrogen) atoms. The first-order chi connectivity index (χ1) is 27.5. The third-order valence-corrected chi connectivity index (χ3v) is 9.55. The summed E-state index contributed by atoms with van der Waals surface area (Å²) in [4.78, 5) is 20.2. The van der Waals surface area contributed by atoms with Crippen LogP contribution >= 0.6 is 0 Å². The summed E-state index contributed by atoms with van der Waals surface area (Å²) < 4.78 is 0. The molecule has 0 aliphatic carbocycles. The third kappa shape index (κ3) is 12.1. The number of aliphatic imine (C=N–C) groups is 3. The Morgan fingerprint density at radius 1 is 0.500 bits per heavy atom. The van der Waals surface area contributed by atoms with Gasteiger partial charge in [-0.1, -0.05) is 90.5 Å². The molecule has 3 heterocycles. The van der Waals surface area contributed by atoms with Crippen molar-refractivity contribution in [3.8, 4) is 5.75 Å². The minimum Gasteiger partial charge on any atom is -0.508 e. The number of aryl methyl sites for hydroxylation is 1. The number of benzene rings is 5. The normalized spacial score (nSPS) is 13.9. The molecule has 290 valence electrons. The summed E-state index contributed by atoms with van der Waals surface area (Å²) in [5.41, 5.74) is 7.07. The first-order valence-electron chi connectivity index (χ1n) is 19.6. The molecule has 3 aliphatic rings. The van der Waals surface area contributed by atoms with Crippen LogP contribution in [0.4, 0.5) is 22.7 Å². The van der Waals surface area contributed by atoms with E-state index < -0.39 is 0 Å². The van der Waals surface area contributed by atoms with Crippen molar-refractivity contribution < 1.29 is 5.11 Å². The van der Waals surface area contributed by atoms with E-state index in [-0.39, 0.29) is 5.75 Å². The van der Waals surface area contributed by atoms with Gasteiger partial charge in [-0.3, -0.25) is 15.0 Å². The van der Waals surface area contributed by atoms with Gasteiger partial charge in [0.25, 0.3) is 0 Å². The highest BCUT2D eigenvalue weighted by atomic mass is 16.3. The molecule has 0 fully saturated rings. The van der Waals surface area contributed by atoms with Crippen LogP contribution in [0.5, 0.6) is 5.75 Å². The maximum Gasteiger partial charge on any atom is 0.117 e. The minimum atomic E-state index is 0.269. The van der Waals surface area contributed by atoms with Gasteiger partial charge in [0.05, 0.1) is 39.3 Å². The second kappa shape index (κ2) is 21.0. The lowest BCUT2D eigenvalue weighted by atomic mass is 10.2. The third-order valence-electron chi connectivity index (χ3n) is 9.55. The zero-order valence-electron chi connectivity index (χ0n) is 32.7. The summed E-state index contributed by atoms with van der Waals surface area (Å²) >= 11 is 0. The number of rotatable bonds is 13. The molecule has 0 unspecified atom stereocenters. The van der Waals surface area contributed by atoms with Crippen LogP contribution in [0.1, 0.15) is 18.1 Å². The summed E-state index contributed by atoms with van der Waals surface area (Å²) in [6.45, 7) is 14.0. The molecular formula is C46H55N9O. The molecule has 0 radical (unpaired) electrons. The molecule has 5 aromatic rings. The van der Waals surface area contributed by atoms with E-state index >= 15 is 0 Å². The van der Waals surface area contributed by atoms with E-state index in [4.69, 9.17) is 0 Å². The average Bonchev–Trinajstić information content (AvgIpc) is 4.07. The molecule has 0 spiro atoms. The molecule has 10 heteroatoms. The van der Waals surface area contributed by atoms with Crippen molar-refractivity contribution in [3.05, 3.63) is 151 Å². The van der Waals surface area contributed by atoms with Crippen molar-refractivity contribution >= 4 is 40.3 Å². The van der Waals surface area contributed by atoms with Crippen molar-refractivity contribution in [2.45, 2.75) is 20.4 Å². The van der Waals surface area contributed by atoms with E-state index in [0.29, 0.717) is 6.54 Å². The lowest BCUT2D eigenvalue weighted by Gasteiger charge is -2.25. The zero-order valence-corrected chi connectivity index (χ0v) is 32.7. The largest absolute Gasteiger partial charge is 0.508 e. The van der Waals surface area contributed by atoms with Gasteiger partial charge in [0.15, 0.2) is 0 Å². The predicted octanol–water partition coefficient (Wildman–Crippen LogP) is 7.05. The highest BCUT2D eigenvalue weighted by Gasteiger charge is 2.16. The highest BCUT2D eigenvalue weighted by Crippen LogP contribution is 2.28. The van der Waals surface area contributed by atoms with Crippen molar-refractivity contribution in [3.63, 3.8) is 0 Å². The van der Waals surface area contributed by atoms with Gasteiger partial charge in [-0.2, -0.15) is 0 Å². The van der Waals surface area contributed by atoms with Gasteiger partial charge in [-0.05, 0) is 67.9 Å². The van der Waals surface area contributed by atoms with E-state index in [0.717, 1.165) is 94.3 Å². The molecular weight excluding hydrogens is 695 g/mol. The zero-order chi connectivity index (χ0) is 38.8. The maximum absolute atomic E-state index is 9.74. The van der Waals surface area contributed by atoms with Gasteiger partial charge in [0.2, 0.25) is 0 Å². The Labute approximate surface area is 332 Å². The van der Waals surface area contributed by atoms with Crippen molar-refractivity contribution in [2.24, 2.45) is 15.0 Å². The van der Waals surface area contributed by atoms with E-state index in [1.54, 1.807) is 12.1 Å². The lowest BCUT2D eigenvalue weighted by Crippen LogP contribution is -2.35. The number of para-hydroxylation sites is 2. The van der Waals surface area contributed by atoms with Crippen LogP contribution in [0.25, 0.3) is 0 Å². The number of anilines is 4. The number of amidine groups is 3. The van der Waals surface area contributed by atoms with Gasteiger partial charge < -0.3 is 35.8 Å². The minimum absolute atomic E-state index is 0.269. The maximum atomic E-state index is 9.74. The summed E-state index contributed by atoms with van der Waals surface area (Å²) in [5.74, 6) is 3.45. The number of phenols is 1. The van der Waals surface area contributed by atoms with E-state index in [2.05, 4.69) is 169 Å². The smallest absolute Gasteiger partial charge is 0.117 e. The molecule has 0 saturated heterocycles. The van der Waals surface area contributed by atoms with Crippen LogP contribution < -0.4 is 30.7 Å². The van der Waals surface area contributed by atoms with Crippen LogP contribution in [0.3, 0.4) is 0 Å². The van der Waals surface area contributed by atoms with Gasteiger partial charge in [0.1, 0.15) is 23.3 Å². The molecule has 0 atom stereocenters. The van der Waals surface area contributed by atoms with Gasteiger partial charge in [-0.25, -0.2) is 0 Å². The van der Waals surface area contributed by atoms with E-state index in [9.17, 15) is 5.11 Å². The van der Waals surface area contributed by atoms with E-state index in [1.165, 1.54) is 22.5 Å². The Hall–Kier alpha value is -6.29. The number of hydrogen-bond donors (Lipinski definition) is 4. The van der Waals surface area contributed by atoms with Crippen LogP contribution in [0.15, 0.2) is 155 Å². The summed E-state index contributed by atoms with van der Waals surface area (Å²) in [7, 11) is 0. The summed E-state index contributed by atoms with van der Waals surface area (Å²) in [5, 5.41) is 19.7. The molecule has 0 amide bonds. The number of likely N-dealkylation sites (N-methyl/N-ethyl adjacent to an activating group) is 1. The highest BCUT2D eigenvalue weighted by molar-refractivity contribution is 5.90. The molecule has 0 bridgehead atoms. The van der Waals surface area contributed by atoms with Crippen LogP contribution in [0, 0.1) is 6.92 Å². The Kier molecular flexibility index (Phi) is 14.8. The number of nitrogens with one attached hydrogen (secondary N) is 3. The lowest BCUT2D eigenvalue weighted by molar-refractivity contribution is 0.475. The fraction of sp³-hybridized carbons (Fsp3) is 0.283. The second-order valence-corrected chi connectivity index (χ2v) is 13.7. The quantitative estimate of drug-likeness (QED) is 0.102. The monoisotopic (exact) mass is 749 g/mol. The van der Waals surface area contributed by atoms with Gasteiger partial charge in [0, 0.05) is 61.5 Å².